The van der Waals surface area contributed by atoms with E-state index in [0.717, 1.165) is 0 Å². The molecule has 152 valence electrons. The monoisotopic (exact) mass is 391 g/mol. The Kier molecular flexibility index (Phi) is 6.64. The fraction of sp³-hybridized carbons (Fsp3) is 0.550. The van der Waals surface area contributed by atoms with Crippen LogP contribution in [0.1, 0.15) is 36.0 Å². The van der Waals surface area contributed by atoms with Crippen LogP contribution < -0.4 is 0 Å². The van der Waals surface area contributed by atoms with E-state index in [9.17, 15) is 14.4 Å². The summed E-state index contributed by atoms with van der Waals surface area (Å²) >= 11 is 0. The quantitative estimate of drug-likeness (QED) is 0.394. The van der Waals surface area contributed by atoms with Gasteiger partial charge in [-0.05, 0) is 37.8 Å². The summed E-state index contributed by atoms with van der Waals surface area (Å²) in [4.78, 5) is 42.2. The standard InChI is InChI=1S/C20H25NO7/c1-25-19(23)15-11-10-14-17(20(24)26-2)16(28-21(14)15)9-6-12-27-18(22)13-7-4-3-5-8-13/h3-5,7-8,14-17H,6,9-12H2,1-2H3/t14-,15-,16-,17+/m1/s1. The van der Waals surface area contributed by atoms with Crippen molar-refractivity contribution in [2.45, 2.75) is 43.9 Å². The average molecular weight is 391 g/mol. The van der Waals surface area contributed by atoms with E-state index in [-0.39, 0.29) is 30.6 Å². The highest BCUT2D eigenvalue weighted by Gasteiger charge is 2.55. The van der Waals surface area contributed by atoms with Gasteiger partial charge in [0, 0.05) is 0 Å². The van der Waals surface area contributed by atoms with Crippen LogP contribution in [0.2, 0.25) is 0 Å². The Morgan fingerprint density at radius 3 is 2.46 bits per heavy atom. The number of hydrogen-bond acceptors (Lipinski definition) is 8. The minimum Gasteiger partial charge on any atom is -0.469 e. The Labute approximate surface area is 163 Å². The molecule has 0 N–H and O–H groups in total. The number of hydrogen-bond donors (Lipinski definition) is 0. The fourth-order valence-corrected chi connectivity index (χ4v) is 3.92. The number of benzene rings is 1. The molecule has 2 saturated heterocycles. The molecule has 0 aliphatic carbocycles. The van der Waals surface area contributed by atoms with E-state index in [1.165, 1.54) is 14.2 Å². The zero-order chi connectivity index (χ0) is 20.1. The van der Waals surface area contributed by atoms with E-state index >= 15 is 0 Å². The first-order chi connectivity index (χ1) is 13.6. The molecule has 3 rings (SSSR count). The Hall–Kier alpha value is -2.45. The van der Waals surface area contributed by atoms with Crippen LogP contribution in [0.15, 0.2) is 30.3 Å². The van der Waals surface area contributed by atoms with Gasteiger partial charge < -0.3 is 14.2 Å². The highest BCUT2D eigenvalue weighted by molar-refractivity contribution is 5.89. The second-order valence-corrected chi connectivity index (χ2v) is 6.88. The van der Waals surface area contributed by atoms with Crippen LogP contribution in [0, 0.1) is 5.92 Å². The number of carbonyl (C=O) groups excluding carboxylic acids is 3. The van der Waals surface area contributed by atoms with E-state index in [1.807, 2.05) is 6.07 Å². The largest absolute Gasteiger partial charge is 0.469 e. The third-order valence-electron chi connectivity index (χ3n) is 5.26. The molecular weight excluding hydrogens is 366 g/mol. The molecule has 1 aromatic rings. The van der Waals surface area contributed by atoms with Crippen LogP contribution in [-0.2, 0) is 28.6 Å². The van der Waals surface area contributed by atoms with Crippen LogP contribution in [0.4, 0.5) is 0 Å². The number of ether oxygens (including phenoxy) is 3. The lowest BCUT2D eigenvalue weighted by Gasteiger charge is -2.21. The lowest BCUT2D eigenvalue weighted by molar-refractivity contribution is -0.192. The molecule has 8 heteroatoms. The average Bonchev–Trinajstić information content (AvgIpc) is 3.29. The molecule has 4 atom stereocenters. The Balaban J connectivity index is 1.55. The summed E-state index contributed by atoms with van der Waals surface area (Å²) in [5.41, 5.74) is 0.494. The summed E-state index contributed by atoms with van der Waals surface area (Å²) in [6, 6.07) is 8.03. The molecule has 2 aliphatic rings. The van der Waals surface area contributed by atoms with Gasteiger partial charge >= 0.3 is 17.9 Å². The van der Waals surface area contributed by atoms with E-state index in [2.05, 4.69) is 0 Å². The Morgan fingerprint density at radius 1 is 1.07 bits per heavy atom. The van der Waals surface area contributed by atoms with Crippen LogP contribution in [-0.4, -0.2) is 62.0 Å². The van der Waals surface area contributed by atoms with Crippen LogP contribution in [0.25, 0.3) is 0 Å². The summed E-state index contributed by atoms with van der Waals surface area (Å²) < 4.78 is 15.1. The minimum absolute atomic E-state index is 0.214. The lowest BCUT2D eigenvalue weighted by Crippen LogP contribution is -2.39. The van der Waals surface area contributed by atoms with Gasteiger partial charge in [0.05, 0.1) is 38.5 Å². The number of rotatable bonds is 7. The van der Waals surface area contributed by atoms with Crippen molar-refractivity contribution in [1.82, 2.24) is 5.06 Å². The maximum atomic E-state index is 12.3. The molecular formula is C20H25NO7. The highest BCUT2D eigenvalue weighted by Crippen LogP contribution is 2.41. The second kappa shape index (κ2) is 9.16. The number of methoxy groups -OCH3 is 2. The first-order valence-corrected chi connectivity index (χ1v) is 9.39. The molecule has 1 aromatic carbocycles. The normalized spacial score (nSPS) is 26.5. The number of carbonyl (C=O) groups is 3. The smallest absolute Gasteiger partial charge is 0.338 e. The van der Waals surface area contributed by atoms with E-state index in [0.29, 0.717) is 31.2 Å². The maximum absolute atomic E-state index is 12.3. The second-order valence-electron chi connectivity index (χ2n) is 6.88. The van der Waals surface area contributed by atoms with Gasteiger partial charge in [0.15, 0.2) is 0 Å². The maximum Gasteiger partial charge on any atom is 0.338 e. The van der Waals surface area contributed by atoms with Crippen molar-refractivity contribution in [3.63, 3.8) is 0 Å². The van der Waals surface area contributed by atoms with Gasteiger partial charge in [0.25, 0.3) is 0 Å². The number of esters is 3. The predicted octanol–water partition coefficient (Wildman–Crippen LogP) is 1.73. The Bertz CT molecular complexity index is 708. The summed E-state index contributed by atoms with van der Waals surface area (Å²) in [5.74, 6) is -1.60. The molecule has 2 aliphatic heterocycles. The zero-order valence-electron chi connectivity index (χ0n) is 16.0. The topological polar surface area (TPSA) is 91.4 Å². The molecule has 0 amide bonds. The number of fused-ring (bicyclic) bond motifs is 1. The van der Waals surface area contributed by atoms with Crippen molar-refractivity contribution < 1.29 is 33.4 Å². The van der Waals surface area contributed by atoms with Gasteiger partial charge in [0.2, 0.25) is 0 Å². The first-order valence-electron chi connectivity index (χ1n) is 9.39. The molecule has 8 nitrogen and oxygen atoms in total. The summed E-state index contributed by atoms with van der Waals surface area (Å²) in [7, 11) is 2.68. The van der Waals surface area contributed by atoms with Crippen molar-refractivity contribution in [3.05, 3.63) is 35.9 Å². The zero-order valence-corrected chi connectivity index (χ0v) is 16.0. The van der Waals surface area contributed by atoms with Gasteiger partial charge in [-0.1, -0.05) is 18.2 Å². The van der Waals surface area contributed by atoms with Crippen molar-refractivity contribution in [2.24, 2.45) is 5.92 Å². The van der Waals surface area contributed by atoms with Gasteiger partial charge in [-0.25, -0.2) is 4.79 Å². The van der Waals surface area contributed by atoms with Crippen LogP contribution in [0.5, 0.6) is 0 Å². The van der Waals surface area contributed by atoms with Crippen LogP contribution >= 0.6 is 0 Å². The molecule has 2 heterocycles. The molecule has 0 unspecified atom stereocenters. The van der Waals surface area contributed by atoms with Gasteiger partial charge in [-0.3, -0.25) is 14.4 Å². The van der Waals surface area contributed by atoms with Gasteiger partial charge in [-0.15, -0.1) is 0 Å². The highest BCUT2D eigenvalue weighted by atomic mass is 16.7. The summed E-state index contributed by atoms with van der Waals surface area (Å²) in [5, 5.41) is 1.59. The molecule has 0 aromatic heterocycles. The van der Waals surface area contributed by atoms with Crippen molar-refractivity contribution in [1.29, 1.82) is 0 Å². The number of nitrogens with zero attached hydrogens (tertiary/aromatic N) is 1. The molecule has 0 bridgehead atoms. The lowest BCUT2D eigenvalue weighted by atomic mass is 9.91. The Morgan fingerprint density at radius 2 is 1.79 bits per heavy atom. The van der Waals surface area contributed by atoms with E-state index in [4.69, 9.17) is 19.0 Å². The van der Waals surface area contributed by atoms with Gasteiger partial charge in [-0.2, -0.15) is 5.06 Å². The van der Waals surface area contributed by atoms with E-state index in [1.54, 1.807) is 29.3 Å². The number of hydroxylamine groups is 2. The first kappa shape index (κ1) is 20.3. The summed E-state index contributed by atoms with van der Waals surface area (Å²) in [6.45, 7) is 0.215. The van der Waals surface area contributed by atoms with Crippen molar-refractivity contribution in [3.8, 4) is 0 Å². The molecule has 0 radical (unpaired) electrons. The molecule has 2 fully saturated rings. The predicted molar refractivity (Wildman–Crippen MR) is 97.0 cm³/mol. The fourth-order valence-electron chi connectivity index (χ4n) is 3.92. The van der Waals surface area contributed by atoms with Crippen molar-refractivity contribution in [2.75, 3.05) is 20.8 Å². The van der Waals surface area contributed by atoms with Crippen molar-refractivity contribution >= 4 is 17.9 Å². The third kappa shape index (κ3) is 4.18. The minimum atomic E-state index is -0.511. The molecule has 28 heavy (non-hydrogen) atoms. The molecule has 0 spiro atoms. The van der Waals surface area contributed by atoms with E-state index < -0.39 is 18.1 Å². The third-order valence-corrected chi connectivity index (χ3v) is 5.26. The summed E-state index contributed by atoms with van der Waals surface area (Å²) in [6.07, 6.45) is 1.83. The SMILES string of the molecule is COC(=O)[C@H]1[C@H]2CC[C@H](C(=O)OC)N2O[C@@H]1CCCOC(=O)c1ccccc1. The van der Waals surface area contributed by atoms with Gasteiger partial charge in [0.1, 0.15) is 12.0 Å². The molecule has 0 saturated carbocycles. The van der Waals surface area contributed by atoms with Crippen LogP contribution in [0.3, 0.4) is 0 Å².